The van der Waals surface area contributed by atoms with Gasteiger partial charge in [0.25, 0.3) is 0 Å². The predicted octanol–water partition coefficient (Wildman–Crippen LogP) is 3.76. The van der Waals surface area contributed by atoms with Gasteiger partial charge in [0.15, 0.2) is 5.96 Å². The molecule has 0 aromatic heterocycles. The third kappa shape index (κ3) is 5.30. The van der Waals surface area contributed by atoms with E-state index in [2.05, 4.69) is 54.7 Å². The van der Waals surface area contributed by atoms with Crippen molar-refractivity contribution in [3.63, 3.8) is 0 Å². The van der Waals surface area contributed by atoms with Crippen molar-refractivity contribution in [2.24, 2.45) is 4.99 Å². The summed E-state index contributed by atoms with van der Waals surface area (Å²) >= 11 is 0. The fourth-order valence-electron chi connectivity index (χ4n) is 3.89. The Labute approximate surface area is 174 Å². The molecular weight excluding hydrogens is 362 g/mol. The second-order valence-electron chi connectivity index (χ2n) is 7.97. The Morgan fingerprint density at radius 2 is 1.86 bits per heavy atom. The lowest BCUT2D eigenvalue weighted by atomic mass is 9.73. The first-order chi connectivity index (χ1) is 14.0. The average molecular weight is 396 g/mol. The Balaban J connectivity index is 1.83. The van der Waals surface area contributed by atoms with Crippen LogP contribution in [-0.2, 0) is 16.7 Å². The Hall–Kier alpha value is -2.53. The van der Waals surface area contributed by atoms with Crippen molar-refractivity contribution in [3.8, 4) is 5.75 Å². The van der Waals surface area contributed by atoms with Gasteiger partial charge in [-0.3, -0.25) is 0 Å². The van der Waals surface area contributed by atoms with Gasteiger partial charge in [0.1, 0.15) is 5.75 Å². The highest BCUT2D eigenvalue weighted by atomic mass is 16.5. The van der Waals surface area contributed by atoms with Gasteiger partial charge in [0.05, 0.1) is 13.7 Å². The number of aryl methyl sites for hydroxylation is 1. The molecule has 0 bridgehead atoms. The largest absolute Gasteiger partial charge is 0.496 e. The predicted molar refractivity (Wildman–Crippen MR) is 119 cm³/mol. The lowest BCUT2D eigenvalue weighted by Crippen LogP contribution is -2.48. The van der Waals surface area contributed by atoms with E-state index in [0.29, 0.717) is 6.54 Å². The van der Waals surface area contributed by atoms with Crippen molar-refractivity contribution in [1.82, 2.24) is 10.2 Å². The van der Waals surface area contributed by atoms with E-state index < -0.39 is 0 Å². The molecular formula is C24H33N3O2. The Morgan fingerprint density at radius 3 is 2.52 bits per heavy atom. The fourth-order valence-corrected chi connectivity index (χ4v) is 3.89. The van der Waals surface area contributed by atoms with Gasteiger partial charge < -0.3 is 19.7 Å². The van der Waals surface area contributed by atoms with Crippen LogP contribution in [0.3, 0.4) is 0 Å². The molecule has 0 aliphatic carbocycles. The second-order valence-corrected chi connectivity index (χ2v) is 7.97. The summed E-state index contributed by atoms with van der Waals surface area (Å²) in [6, 6.07) is 16.8. The zero-order valence-corrected chi connectivity index (χ0v) is 18.1. The Kier molecular flexibility index (Phi) is 7.15. The summed E-state index contributed by atoms with van der Waals surface area (Å²) in [5.41, 5.74) is 3.67. The molecule has 0 saturated carbocycles. The molecule has 0 amide bonds. The van der Waals surface area contributed by atoms with Gasteiger partial charge in [-0.05, 0) is 31.4 Å². The average Bonchev–Trinajstić information content (AvgIpc) is 2.75. The summed E-state index contributed by atoms with van der Waals surface area (Å²) < 4.78 is 11.4. The van der Waals surface area contributed by atoms with E-state index in [4.69, 9.17) is 14.5 Å². The molecule has 0 spiro atoms. The van der Waals surface area contributed by atoms with Crippen molar-refractivity contribution in [3.05, 3.63) is 65.2 Å². The van der Waals surface area contributed by atoms with Gasteiger partial charge in [-0.25, -0.2) is 4.99 Å². The fraction of sp³-hybridized carbons (Fsp3) is 0.458. The SMILES string of the molecule is COc1ccc(C)cc1C1(CNC(=NCc2ccccc2)N(C)C)CCOCC1. The van der Waals surface area contributed by atoms with E-state index in [1.807, 2.05) is 25.1 Å². The van der Waals surface area contributed by atoms with Crippen LogP contribution >= 0.6 is 0 Å². The molecule has 2 aromatic carbocycles. The van der Waals surface area contributed by atoms with Crippen LogP contribution in [0.5, 0.6) is 5.75 Å². The van der Waals surface area contributed by atoms with Crippen molar-refractivity contribution in [2.45, 2.75) is 31.7 Å². The normalized spacial score (nSPS) is 16.3. The van der Waals surface area contributed by atoms with Crippen LogP contribution in [-0.4, -0.2) is 51.8 Å². The summed E-state index contributed by atoms with van der Waals surface area (Å²) in [5, 5.41) is 3.63. The minimum Gasteiger partial charge on any atom is -0.496 e. The van der Waals surface area contributed by atoms with E-state index in [9.17, 15) is 0 Å². The lowest BCUT2D eigenvalue weighted by Gasteiger charge is -2.39. The molecule has 0 radical (unpaired) electrons. The summed E-state index contributed by atoms with van der Waals surface area (Å²) in [6.07, 6.45) is 1.92. The summed E-state index contributed by atoms with van der Waals surface area (Å²) in [4.78, 5) is 6.88. The van der Waals surface area contributed by atoms with Gasteiger partial charge in [-0.1, -0.05) is 48.0 Å². The molecule has 3 rings (SSSR count). The van der Waals surface area contributed by atoms with Crippen molar-refractivity contribution in [1.29, 1.82) is 0 Å². The number of aliphatic imine (C=N–C) groups is 1. The first-order valence-electron chi connectivity index (χ1n) is 10.3. The minimum absolute atomic E-state index is 0.0425. The molecule has 0 unspecified atom stereocenters. The van der Waals surface area contributed by atoms with Gasteiger partial charge in [-0.2, -0.15) is 0 Å². The van der Waals surface area contributed by atoms with Gasteiger partial charge in [0, 0.05) is 44.8 Å². The Bertz CT molecular complexity index is 812. The van der Waals surface area contributed by atoms with Crippen LogP contribution in [0.25, 0.3) is 0 Å². The zero-order chi connectivity index (χ0) is 20.7. The van der Waals surface area contributed by atoms with Crippen LogP contribution in [0.4, 0.5) is 0 Å². The monoisotopic (exact) mass is 395 g/mol. The maximum Gasteiger partial charge on any atom is 0.193 e. The number of methoxy groups -OCH3 is 1. The molecule has 0 atom stereocenters. The lowest BCUT2D eigenvalue weighted by molar-refractivity contribution is 0.0504. The van der Waals surface area contributed by atoms with Crippen molar-refractivity contribution in [2.75, 3.05) is 41.0 Å². The van der Waals surface area contributed by atoms with Gasteiger partial charge in [0.2, 0.25) is 0 Å². The molecule has 5 nitrogen and oxygen atoms in total. The highest BCUT2D eigenvalue weighted by Crippen LogP contribution is 2.40. The number of ether oxygens (including phenoxy) is 2. The van der Waals surface area contributed by atoms with E-state index >= 15 is 0 Å². The number of hydrogen-bond acceptors (Lipinski definition) is 3. The van der Waals surface area contributed by atoms with Crippen molar-refractivity contribution >= 4 is 5.96 Å². The molecule has 1 N–H and O–H groups in total. The van der Waals surface area contributed by atoms with Crippen LogP contribution in [0.2, 0.25) is 0 Å². The molecule has 5 heteroatoms. The molecule has 1 aliphatic heterocycles. The summed E-state index contributed by atoms with van der Waals surface area (Å²) in [7, 11) is 5.81. The topological polar surface area (TPSA) is 46.1 Å². The molecule has 1 aliphatic rings. The van der Waals surface area contributed by atoms with E-state index in [1.54, 1.807) is 7.11 Å². The van der Waals surface area contributed by atoms with E-state index in [-0.39, 0.29) is 5.41 Å². The summed E-state index contributed by atoms with van der Waals surface area (Å²) in [6.45, 7) is 5.11. The molecule has 1 saturated heterocycles. The maximum atomic E-state index is 5.73. The van der Waals surface area contributed by atoms with Gasteiger partial charge >= 0.3 is 0 Å². The molecule has 1 fully saturated rings. The molecule has 29 heavy (non-hydrogen) atoms. The first-order valence-corrected chi connectivity index (χ1v) is 10.3. The summed E-state index contributed by atoms with van der Waals surface area (Å²) in [5.74, 6) is 1.85. The van der Waals surface area contributed by atoms with Crippen LogP contribution < -0.4 is 10.1 Å². The number of guanidine groups is 1. The highest BCUT2D eigenvalue weighted by molar-refractivity contribution is 5.79. The quantitative estimate of drug-likeness (QED) is 0.598. The number of nitrogens with one attached hydrogen (secondary N) is 1. The van der Waals surface area contributed by atoms with E-state index in [0.717, 1.165) is 44.3 Å². The van der Waals surface area contributed by atoms with Crippen LogP contribution in [0.1, 0.15) is 29.5 Å². The van der Waals surface area contributed by atoms with Crippen molar-refractivity contribution < 1.29 is 9.47 Å². The van der Waals surface area contributed by atoms with Crippen LogP contribution in [0.15, 0.2) is 53.5 Å². The standard InChI is InChI=1S/C24H33N3O2/c1-19-10-11-22(28-4)21(16-19)24(12-14-29-15-13-24)18-26-23(27(2)3)25-17-20-8-6-5-7-9-20/h5-11,16H,12-15,17-18H2,1-4H3,(H,25,26). The maximum absolute atomic E-state index is 5.73. The minimum atomic E-state index is -0.0425. The third-order valence-electron chi connectivity index (χ3n) is 5.64. The highest BCUT2D eigenvalue weighted by Gasteiger charge is 2.37. The zero-order valence-electron chi connectivity index (χ0n) is 18.1. The number of benzene rings is 2. The molecule has 2 aromatic rings. The Morgan fingerprint density at radius 1 is 1.14 bits per heavy atom. The number of hydrogen-bond donors (Lipinski definition) is 1. The van der Waals surface area contributed by atoms with Gasteiger partial charge in [-0.15, -0.1) is 0 Å². The molecule has 156 valence electrons. The third-order valence-corrected chi connectivity index (χ3v) is 5.64. The van der Waals surface area contributed by atoms with Crippen LogP contribution in [0, 0.1) is 6.92 Å². The smallest absolute Gasteiger partial charge is 0.193 e. The molecule has 1 heterocycles. The number of nitrogens with zero attached hydrogens (tertiary/aromatic N) is 2. The second kappa shape index (κ2) is 9.79. The van der Waals surface area contributed by atoms with E-state index in [1.165, 1.54) is 16.7 Å². The first kappa shape index (κ1) is 21.2. The number of rotatable bonds is 6.